The predicted molar refractivity (Wildman–Crippen MR) is 114 cm³/mol. The molecule has 0 saturated carbocycles. The summed E-state index contributed by atoms with van der Waals surface area (Å²) in [7, 11) is 0. The average molecular weight is 364 g/mol. The van der Waals surface area contributed by atoms with Gasteiger partial charge in [0.2, 0.25) is 5.71 Å². The second-order valence-electron chi connectivity index (χ2n) is 7.29. The molecule has 3 heteroatoms. The molecule has 3 aromatic heterocycles. The zero-order valence-electron chi connectivity index (χ0n) is 16.2. The fourth-order valence-corrected chi connectivity index (χ4v) is 3.82. The number of pyridine rings is 2. The molecule has 2 aromatic carbocycles. The highest BCUT2D eigenvalue weighted by Crippen LogP contribution is 2.38. The van der Waals surface area contributed by atoms with Gasteiger partial charge in [-0.25, -0.2) is 4.98 Å². The molecule has 3 nitrogen and oxygen atoms in total. The highest BCUT2D eigenvalue weighted by atomic mass is 16.3. The van der Waals surface area contributed by atoms with Gasteiger partial charge in [-0.15, -0.1) is 0 Å². The largest absolute Gasteiger partial charge is 0.437 e. The molecule has 5 aromatic rings. The van der Waals surface area contributed by atoms with Crippen LogP contribution < -0.4 is 0 Å². The molecule has 5 rings (SSSR count). The van der Waals surface area contributed by atoms with Crippen molar-refractivity contribution in [3.05, 3.63) is 83.7 Å². The molecular weight excluding hydrogens is 344 g/mol. The van der Waals surface area contributed by atoms with Crippen molar-refractivity contribution in [2.45, 2.75) is 20.8 Å². The van der Waals surface area contributed by atoms with Crippen LogP contribution in [0.4, 0.5) is 0 Å². The summed E-state index contributed by atoms with van der Waals surface area (Å²) in [5, 5.41) is 2.11. The molecule has 0 amide bonds. The lowest BCUT2D eigenvalue weighted by molar-refractivity contribution is 0.653. The Morgan fingerprint density at radius 3 is 2.39 bits per heavy atom. The van der Waals surface area contributed by atoms with Gasteiger partial charge in [0.15, 0.2) is 0 Å². The van der Waals surface area contributed by atoms with Crippen molar-refractivity contribution in [3.8, 4) is 22.4 Å². The number of benzene rings is 2. The number of aryl methyl sites for hydroxylation is 3. The second-order valence-corrected chi connectivity index (χ2v) is 7.29. The summed E-state index contributed by atoms with van der Waals surface area (Å²) in [5.41, 5.74) is 9.10. The molecule has 0 bridgehead atoms. The molecule has 28 heavy (non-hydrogen) atoms. The normalized spacial score (nSPS) is 11.4. The van der Waals surface area contributed by atoms with Gasteiger partial charge in [-0.1, -0.05) is 42.5 Å². The summed E-state index contributed by atoms with van der Waals surface area (Å²) in [6.07, 6.45) is 1.95. The molecule has 0 fully saturated rings. The minimum Gasteiger partial charge on any atom is -0.437 e. The molecule has 3 heterocycles. The van der Waals surface area contributed by atoms with E-state index in [0.717, 1.165) is 44.4 Å². The highest BCUT2D eigenvalue weighted by molar-refractivity contribution is 6.09. The van der Waals surface area contributed by atoms with Gasteiger partial charge in [0, 0.05) is 28.2 Å². The predicted octanol–water partition coefficient (Wildman–Crippen LogP) is 6.64. The molecule has 136 valence electrons. The molecule has 0 unspecified atom stereocenters. The van der Waals surface area contributed by atoms with Crippen LogP contribution in [0.2, 0.25) is 0 Å². The van der Waals surface area contributed by atoms with Crippen LogP contribution in [0.3, 0.4) is 0 Å². The summed E-state index contributed by atoms with van der Waals surface area (Å²) in [5.74, 6) is 0. The summed E-state index contributed by atoms with van der Waals surface area (Å²) >= 11 is 0. The zero-order valence-corrected chi connectivity index (χ0v) is 16.2. The number of furan rings is 1. The molecule has 0 radical (unpaired) electrons. The van der Waals surface area contributed by atoms with Gasteiger partial charge >= 0.3 is 0 Å². The first kappa shape index (κ1) is 16.7. The van der Waals surface area contributed by atoms with E-state index in [1.54, 1.807) is 0 Å². The Morgan fingerprint density at radius 1 is 0.786 bits per heavy atom. The number of nitrogens with zero attached hydrogens (tertiary/aromatic N) is 2. The third-order valence-electron chi connectivity index (χ3n) is 5.30. The number of hydrogen-bond acceptors (Lipinski definition) is 3. The maximum atomic E-state index is 6.22. The summed E-state index contributed by atoms with van der Waals surface area (Å²) in [4.78, 5) is 9.32. The van der Waals surface area contributed by atoms with Gasteiger partial charge in [-0.2, -0.15) is 0 Å². The molecule has 0 saturated heterocycles. The summed E-state index contributed by atoms with van der Waals surface area (Å²) in [6, 6.07) is 20.9. The van der Waals surface area contributed by atoms with Crippen LogP contribution >= 0.6 is 0 Å². The number of aromatic nitrogens is 2. The van der Waals surface area contributed by atoms with Crippen LogP contribution in [0.15, 0.2) is 71.3 Å². The first-order valence-electron chi connectivity index (χ1n) is 9.44. The Bertz CT molecular complexity index is 1330. The SMILES string of the molecule is Cc1ccc2c(n1)oc1c(-c3cc(-c4ccccc4)c(C)cn3)c(C)ccc12. The standard InChI is InChI=1S/C25H20N2O/c1-15-9-11-19-20-12-10-17(3)27-25(20)28-24(19)23(15)22-13-21(16(2)14-26-22)18-7-5-4-6-8-18/h4-14H,1-3H3. The van der Waals surface area contributed by atoms with E-state index in [0.29, 0.717) is 5.71 Å². The van der Waals surface area contributed by atoms with Crippen molar-refractivity contribution >= 4 is 22.1 Å². The van der Waals surface area contributed by atoms with Gasteiger partial charge < -0.3 is 4.42 Å². The first-order valence-corrected chi connectivity index (χ1v) is 9.44. The van der Waals surface area contributed by atoms with E-state index < -0.39 is 0 Å². The molecule has 0 N–H and O–H groups in total. The van der Waals surface area contributed by atoms with Crippen LogP contribution in [-0.4, -0.2) is 9.97 Å². The lowest BCUT2D eigenvalue weighted by atomic mass is 9.96. The fraction of sp³-hybridized carbons (Fsp3) is 0.120. The van der Waals surface area contributed by atoms with Gasteiger partial charge in [-0.3, -0.25) is 4.98 Å². The van der Waals surface area contributed by atoms with E-state index in [1.165, 1.54) is 11.1 Å². The van der Waals surface area contributed by atoms with Crippen LogP contribution in [0.1, 0.15) is 16.8 Å². The van der Waals surface area contributed by atoms with Crippen molar-refractivity contribution in [2.24, 2.45) is 0 Å². The molecule has 0 aliphatic rings. The quantitative estimate of drug-likeness (QED) is 0.353. The number of hydrogen-bond donors (Lipinski definition) is 0. The Balaban J connectivity index is 1.80. The second kappa shape index (κ2) is 6.31. The molecular formula is C25H20N2O. The third-order valence-corrected chi connectivity index (χ3v) is 5.30. The maximum Gasteiger partial charge on any atom is 0.227 e. The lowest BCUT2D eigenvalue weighted by Gasteiger charge is -2.11. The minimum atomic E-state index is 0.678. The van der Waals surface area contributed by atoms with Crippen LogP contribution in [0.5, 0.6) is 0 Å². The van der Waals surface area contributed by atoms with Crippen molar-refractivity contribution < 1.29 is 4.42 Å². The maximum absolute atomic E-state index is 6.22. The van der Waals surface area contributed by atoms with E-state index >= 15 is 0 Å². The van der Waals surface area contributed by atoms with E-state index in [1.807, 2.05) is 25.3 Å². The third kappa shape index (κ3) is 2.59. The van der Waals surface area contributed by atoms with Gasteiger partial charge in [0.05, 0.1) is 5.69 Å². The van der Waals surface area contributed by atoms with Crippen molar-refractivity contribution in [1.29, 1.82) is 0 Å². The van der Waals surface area contributed by atoms with E-state index in [2.05, 4.69) is 67.4 Å². The first-order chi connectivity index (χ1) is 13.6. The van der Waals surface area contributed by atoms with E-state index in [-0.39, 0.29) is 0 Å². The average Bonchev–Trinajstić information content (AvgIpc) is 3.06. The fourth-order valence-electron chi connectivity index (χ4n) is 3.82. The monoisotopic (exact) mass is 364 g/mol. The van der Waals surface area contributed by atoms with Crippen LogP contribution in [0.25, 0.3) is 44.5 Å². The van der Waals surface area contributed by atoms with Gasteiger partial charge in [0.25, 0.3) is 0 Å². The summed E-state index contributed by atoms with van der Waals surface area (Å²) < 4.78 is 6.22. The Kier molecular flexibility index (Phi) is 3.76. The minimum absolute atomic E-state index is 0.678. The van der Waals surface area contributed by atoms with Crippen molar-refractivity contribution in [2.75, 3.05) is 0 Å². The van der Waals surface area contributed by atoms with Crippen molar-refractivity contribution in [3.63, 3.8) is 0 Å². The van der Waals surface area contributed by atoms with Gasteiger partial charge in [0.1, 0.15) is 5.58 Å². The molecule has 0 spiro atoms. The summed E-state index contributed by atoms with van der Waals surface area (Å²) in [6.45, 7) is 6.18. The number of rotatable bonds is 2. The molecule has 0 atom stereocenters. The lowest BCUT2D eigenvalue weighted by Crippen LogP contribution is -1.92. The van der Waals surface area contributed by atoms with Gasteiger partial charge in [-0.05, 0) is 61.2 Å². The Morgan fingerprint density at radius 2 is 1.57 bits per heavy atom. The van der Waals surface area contributed by atoms with Crippen molar-refractivity contribution in [1.82, 2.24) is 9.97 Å². The molecule has 0 aliphatic heterocycles. The molecule has 0 aliphatic carbocycles. The topological polar surface area (TPSA) is 38.9 Å². The van der Waals surface area contributed by atoms with Crippen LogP contribution in [0, 0.1) is 20.8 Å². The van der Waals surface area contributed by atoms with Crippen LogP contribution in [-0.2, 0) is 0 Å². The van der Waals surface area contributed by atoms with E-state index in [4.69, 9.17) is 9.40 Å². The Labute approximate surface area is 163 Å². The zero-order chi connectivity index (χ0) is 19.3. The highest BCUT2D eigenvalue weighted by Gasteiger charge is 2.17. The Hall–Kier alpha value is -3.46. The number of fused-ring (bicyclic) bond motifs is 3. The smallest absolute Gasteiger partial charge is 0.227 e. The van der Waals surface area contributed by atoms with E-state index in [9.17, 15) is 0 Å².